The number of hydrogen-bond acceptors (Lipinski definition) is 2. The number of amides is 1. The monoisotopic (exact) mass is 154 g/mol. The van der Waals surface area contributed by atoms with Gasteiger partial charge in [-0.1, -0.05) is 0 Å². The molecule has 1 amide bonds. The van der Waals surface area contributed by atoms with Gasteiger partial charge in [0.15, 0.2) is 0 Å². The van der Waals surface area contributed by atoms with Gasteiger partial charge in [-0.2, -0.15) is 0 Å². The van der Waals surface area contributed by atoms with Crippen LogP contribution < -0.4 is 11.1 Å². The van der Waals surface area contributed by atoms with E-state index in [1.54, 1.807) is 0 Å². The highest BCUT2D eigenvalue weighted by Crippen LogP contribution is 2.31. The van der Waals surface area contributed by atoms with Crippen LogP contribution in [0, 0.1) is 5.92 Å². The van der Waals surface area contributed by atoms with Crippen LogP contribution in [-0.4, -0.2) is 18.0 Å². The SMILES string of the molecule is NC1CC2CCC(C2)NC1=O. The van der Waals surface area contributed by atoms with Gasteiger partial charge in [-0.3, -0.25) is 4.79 Å². The molecule has 0 aromatic heterocycles. The van der Waals surface area contributed by atoms with E-state index in [1.807, 2.05) is 0 Å². The Labute approximate surface area is 66.3 Å². The number of carbonyl (C=O) groups is 1. The van der Waals surface area contributed by atoms with E-state index in [2.05, 4.69) is 5.32 Å². The molecule has 2 rings (SSSR count). The quantitative estimate of drug-likeness (QED) is 0.516. The zero-order valence-corrected chi connectivity index (χ0v) is 6.55. The van der Waals surface area contributed by atoms with Crippen LogP contribution in [0.15, 0.2) is 0 Å². The van der Waals surface area contributed by atoms with Crippen molar-refractivity contribution in [1.82, 2.24) is 5.32 Å². The molecule has 2 aliphatic rings. The fraction of sp³-hybridized carbons (Fsp3) is 0.875. The van der Waals surface area contributed by atoms with Crippen molar-refractivity contribution < 1.29 is 4.79 Å². The van der Waals surface area contributed by atoms with Gasteiger partial charge in [0.05, 0.1) is 6.04 Å². The van der Waals surface area contributed by atoms with Crippen molar-refractivity contribution in [2.24, 2.45) is 11.7 Å². The molecule has 1 aliphatic heterocycles. The van der Waals surface area contributed by atoms with Crippen LogP contribution in [0.5, 0.6) is 0 Å². The summed E-state index contributed by atoms with van der Waals surface area (Å²) in [5.41, 5.74) is 5.65. The lowest BCUT2D eigenvalue weighted by Crippen LogP contribution is -2.43. The molecule has 3 nitrogen and oxygen atoms in total. The third-order valence-electron chi connectivity index (χ3n) is 2.81. The molecule has 2 bridgehead atoms. The molecule has 1 aliphatic carbocycles. The summed E-state index contributed by atoms with van der Waals surface area (Å²) in [6.07, 6.45) is 4.45. The first-order valence-corrected chi connectivity index (χ1v) is 4.31. The Kier molecular flexibility index (Phi) is 1.60. The van der Waals surface area contributed by atoms with Crippen LogP contribution in [0.2, 0.25) is 0 Å². The van der Waals surface area contributed by atoms with Crippen molar-refractivity contribution in [2.75, 3.05) is 0 Å². The average molecular weight is 154 g/mol. The fourth-order valence-corrected chi connectivity index (χ4v) is 2.19. The first-order valence-electron chi connectivity index (χ1n) is 4.31. The number of carbonyl (C=O) groups excluding carboxylic acids is 1. The topological polar surface area (TPSA) is 55.1 Å². The highest BCUT2D eigenvalue weighted by atomic mass is 16.2. The molecule has 1 saturated heterocycles. The first kappa shape index (κ1) is 7.10. The molecule has 3 atom stereocenters. The Hall–Kier alpha value is -0.570. The standard InChI is InChI=1S/C8H14N2O/c9-7-4-5-1-2-6(3-5)10-8(7)11/h5-7H,1-4,9H2,(H,10,11). The van der Waals surface area contributed by atoms with Gasteiger partial charge in [-0.05, 0) is 31.6 Å². The number of hydrogen-bond donors (Lipinski definition) is 2. The summed E-state index contributed by atoms with van der Waals surface area (Å²) in [4.78, 5) is 11.2. The lowest BCUT2D eigenvalue weighted by molar-refractivity contribution is -0.122. The van der Waals surface area contributed by atoms with Gasteiger partial charge >= 0.3 is 0 Å². The van der Waals surface area contributed by atoms with E-state index in [1.165, 1.54) is 6.42 Å². The highest BCUT2D eigenvalue weighted by Gasteiger charge is 2.33. The summed E-state index contributed by atoms with van der Waals surface area (Å²) >= 11 is 0. The maximum Gasteiger partial charge on any atom is 0.237 e. The highest BCUT2D eigenvalue weighted by molar-refractivity contribution is 5.82. The molecular formula is C8H14N2O. The maximum atomic E-state index is 11.2. The molecule has 62 valence electrons. The molecule has 0 radical (unpaired) electrons. The largest absolute Gasteiger partial charge is 0.352 e. The Bertz CT molecular complexity index is 181. The van der Waals surface area contributed by atoms with E-state index in [-0.39, 0.29) is 11.9 Å². The van der Waals surface area contributed by atoms with Crippen LogP contribution in [0.25, 0.3) is 0 Å². The van der Waals surface area contributed by atoms with E-state index in [0.717, 1.165) is 19.3 Å². The summed E-state index contributed by atoms with van der Waals surface area (Å²) in [6, 6.07) is 0.186. The van der Waals surface area contributed by atoms with E-state index < -0.39 is 0 Å². The zero-order valence-electron chi connectivity index (χ0n) is 6.55. The predicted octanol–water partition coefficient (Wildman–Crippen LogP) is 0.00230. The molecule has 3 unspecified atom stereocenters. The lowest BCUT2D eigenvalue weighted by atomic mass is 9.99. The smallest absolute Gasteiger partial charge is 0.237 e. The van der Waals surface area contributed by atoms with Gasteiger partial charge in [-0.15, -0.1) is 0 Å². The average Bonchev–Trinajstić information content (AvgIpc) is 2.30. The Balaban J connectivity index is 2.10. The lowest BCUT2D eigenvalue weighted by Gasteiger charge is -2.14. The van der Waals surface area contributed by atoms with Gasteiger partial charge < -0.3 is 11.1 Å². The van der Waals surface area contributed by atoms with Crippen molar-refractivity contribution in [3.8, 4) is 0 Å². The third-order valence-corrected chi connectivity index (χ3v) is 2.81. The normalized spacial score (nSPS) is 43.4. The molecule has 1 heterocycles. The van der Waals surface area contributed by atoms with E-state index in [0.29, 0.717) is 12.0 Å². The number of nitrogens with two attached hydrogens (primary N) is 1. The first-order chi connectivity index (χ1) is 5.25. The molecule has 11 heavy (non-hydrogen) atoms. The zero-order chi connectivity index (χ0) is 7.84. The summed E-state index contributed by atoms with van der Waals surface area (Å²) in [7, 11) is 0. The number of nitrogens with one attached hydrogen (secondary N) is 1. The molecule has 1 saturated carbocycles. The molecule has 0 spiro atoms. The third kappa shape index (κ3) is 1.25. The van der Waals surface area contributed by atoms with Crippen molar-refractivity contribution in [1.29, 1.82) is 0 Å². The minimum absolute atomic E-state index is 0.0530. The fourth-order valence-electron chi connectivity index (χ4n) is 2.19. The maximum absolute atomic E-state index is 11.2. The molecule has 3 N–H and O–H groups in total. The van der Waals surface area contributed by atoms with Crippen LogP contribution in [0.3, 0.4) is 0 Å². The minimum atomic E-state index is -0.245. The Morgan fingerprint density at radius 3 is 3.00 bits per heavy atom. The van der Waals surface area contributed by atoms with Gasteiger partial charge in [0.1, 0.15) is 0 Å². The van der Waals surface area contributed by atoms with Crippen LogP contribution >= 0.6 is 0 Å². The van der Waals surface area contributed by atoms with E-state index in [4.69, 9.17) is 5.73 Å². The molecular weight excluding hydrogens is 140 g/mol. The van der Waals surface area contributed by atoms with Crippen LogP contribution in [-0.2, 0) is 4.79 Å². The summed E-state index contributed by atoms with van der Waals surface area (Å²) in [5, 5.41) is 2.96. The van der Waals surface area contributed by atoms with E-state index >= 15 is 0 Å². The van der Waals surface area contributed by atoms with E-state index in [9.17, 15) is 4.79 Å². The van der Waals surface area contributed by atoms with Gasteiger partial charge in [0.2, 0.25) is 5.91 Å². The number of fused-ring (bicyclic) bond motifs is 2. The second kappa shape index (κ2) is 2.48. The Morgan fingerprint density at radius 2 is 2.18 bits per heavy atom. The van der Waals surface area contributed by atoms with Gasteiger partial charge in [0.25, 0.3) is 0 Å². The van der Waals surface area contributed by atoms with Crippen molar-refractivity contribution in [3.05, 3.63) is 0 Å². The second-order valence-electron chi connectivity index (χ2n) is 3.73. The summed E-state index contributed by atoms with van der Waals surface area (Å²) < 4.78 is 0. The molecule has 2 fully saturated rings. The van der Waals surface area contributed by atoms with Crippen LogP contribution in [0.1, 0.15) is 25.7 Å². The molecule has 0 aromatic rings. The van der Waals surface area contributed by atoms with Gasteiger partial charge in [-0.25, -0.2) is 0 Å². The Morgan fingerprint density at radius 1 is 1.36 bits per heavy atom. The van der Waals surface area contributed by atoms with Crippen LogP contribution in [0.4, 0.5) is 0 Å². The van der Waals surface area contributed by atoms with Crippen molar-refractivity contribution in [2.45, 2.75) is 37.8 Å². The van der Waals surface area contributed by atoms with Crippen molar-refractivity contribution in [3.63, 3.8) is 0 Å². The summed E-state index contributed by atoms with van der Waals surface area (Å²) in [6.45, 7) is 0. The van der Waals surface area contributed by atoms with Gasteiger partial charge in [0, 0.05) is 6.04 Å². The minimum Gasteiger partial charge on any atom is -0.352 e. The number of rotatable bonds is 0. The second-order valence-corrected chi connectivity index (χ2v) is 3.73. The predicted molar refractivity (Wildman–Crippen MR) is 41.9 cm³/mol. The summed E-state index contributed by atoms with van der Waals surface area (Å²) in [5.74, 6) is 0.756. The molecule has 3 heteroatoms. The van der Waals surface area contributed by atoms with Crippen molar-refractivity contribution >= 4 is 5.91 Å². The molecule has 0 aromatic carbocycles.